The summed E-state index contributed by atoms with van der Waals surface area (Å²) in [5, 5.41) is 11.4. The number of amides is 1. The van der Waals surface area contributed by atoms with E-state index in [-0.39, 0.29) is 36.7 Å². The number of aliphatic hydroxyl groups is 1. The van der Waals surface area contributed by atoms with E-state index in [4.69, 9.17) is 14.2 Å². The summed E-state index contributed by atoms with van der Waals surface area (Å²) in [7, 11) is 0. The summed E-state index contributed by atoms with van der Waals surface area (Å²) in [6, 6.07) is 21.0. The fourth-order valence-electron chi connectivity index (χ4n) is 4.56. The number of benzene rings is 3. The number of ketones is 1. The molecule has 4 rings (SSSR count). The predicted molar refractivity (Wildman–Crippen MR) is 150 cm³/mol. The maximum absolute atomic E-state index is 13.4. The molecule has 1 aliphatic heterocycles. The minimum Gasteiger partial charge on any atom is -0.507 e. The fraction of sp³-hybridized carbons (Fsp3) is 0.312. The fourth-order valence-corrected chi connectivity index (χ4v) is 4.56. The third-order valence-electron chi connectivity index (χ3n) is 6.29. The van der Waals surface area contributed by atoms with Gasteiger partial charge in [0.15, 0.2) is 0 Å². The first kappa shape index (κ1) is 27.9. The molecule has 7 nitrogen and oxygen atoms in total. The maximum Gasteiger partial charge on any atom is 0.295 e. The summed E-state index contributed by atoms with van der Waals surface area (Å²) in [5.74, 6) is 0.243. The van der Waals surface area contributed by atoms with Crippen LogP contribution in [-0.2, 0) is 14.3 Å². The molecule has 1 amide bonds. The van der Waals surface area contributed by atoms with Gasteiger partial charge >= 0.3 is 0 Å². The molecule has 0 spiro atoms. The molecule has 204 valence electrons. The minimum atomic E-state index is -0.813. The Morgan fingerprint density at radius 2 is 1.62 bits per heavy atom. The van der Waals surface area contributed by atoms with Crippen molar-refractivity contribution in [3.05, 3.63) is 95.1 Å². The van der Waals surface area contributed by atoms with Gasteiger partial charge in [0, 0.05) is 12.1 Å². The molecule has 7 heteroatoms. The smallest absolute Gasteiger partial charge is 0.295 e. The number of hydrogen-bond acceptors (Lipinski definition) is 6. The lowest BCUT2D eigenvalue weighted by Crippen LogP contribution is -2.33. The molecule has 3 aromatic rings. The van der Waals surface area contributed by atoms with Gasteiger partial charge in [-0.1, -0.05) is 30.3 Å². The van der Waals surface area contributed by atoms with Crippen molar-refractivity contribution in [1.29, 1.82) is 0 Å². The number of para-hydroxylation sites is 1. The first-order chi connectivity index (χ1) is 18.7. The van der Waals surface area contributed by atoms with Gasteiger partial charge in [0.05, 0.1) is 30.4 Å². The Kier molecular flexibility index (Phi) is 8.72. The van der Waals surface area contributed by atoms with Gasteiger partial charge in [-0.3, -0.25) is 9.59 Å². The monoisotopic (exact) mass is 529 g/mol. The quantitative estimate of drug-likeness (QED) is 0.185. The first-order valence-electron chi connectivity index (χ1n) is 13.2. The number of aryl methyl sites for hydroxylation is 1. The van der Waals surface area contributed by atoms with Crippen molar-refractivity contribution in [2.45, 2.75) is 52.9 Å². The highest BCUT2D eigenvalue weighted by Gasteiger charge is 2.46. The summed E-state index contributed by atoms with van der Waals surface area (Å²) < 4.78 is 17.5. The molecule has 1 N–H and O–H groups in total. The van der Waals surface area contributed by atoms with Crippen LogP contribution in [0.1, 0.15) is 50.4 Å². The van der Waals surface area contributed by atoms with Crippen LogP contribution in [0.5, 0.6) is 17.2 Å². The molecule has 1 atom stereocenters. The molecule has 0 bridgehead atoms. The predicted octanol–water partition coefficient (Wildman–Crippen LogP) is 6.42. The van der Waals surface area contributed by atoms with Crippen LogP contribution < -0.4 is 9.47 Å². The van der Waals surface area contributed by atoms with E-state index in [0.29, 0.717) is 28.4 Å². The lowest BCUT2D eigenvalue weighted by molar-refractivity contribution is -0.140. The number of nitrogens with zero attached hydrogens (tertiary/aromatic N) is 1. The number of likely N-dealkylation sites (tertiary alicyclic amines) is 1. The van der Waals surface area contributed by atoms with E-state index in [0.717, 1.165) is 5.56 Å². The second-order valence-corrected chi connectivity index (χ2v) is 10.0. The number of carbonyl (C=O) groups is 2. The lowest BCUT2D eigenvalue weighted by atomic mass is 9.94. The van der Waals surface area contributed by atoms with Gasteiger partial charge in [-0.05, 0) is 88.2 Å². The highest BCUT2D eigenvalue weighted by atomic mass is 16.5. The molecule has 1 fully saturated rings. The summed E-state index contributed by atoms with van der Waals surface area (Å²) in [5.41, 5.74) is 1.91. The maximum atomic E-state index is 13.4. The van der Waals surface area contributed by atoms with Crippen molar-refractivity contribution in [2.24, 2.45) is 0 Å². The third kappa shape index (κ3) is 6.49. The van der Waals surface area contributed by atoms with Crippen molar-refractivity contribution in [1.82, 2.24) is 4.90 Å². The van der Waals surface area contributed by atoms with Crippen LogP contribution in [0, 0.1) is 6.92 Å². The number of hydrogen-bond donors (Lipinski definition) is 1. The third-order valence-corrected chi connectivity index (χ3v) is 6.29. The van der Waals surface area contributed by atoms with Crippen LogP contribution in [0.4, 0.5) is 0 Å². The van der Waals surface area contributed by atoms with Crippen LogP contribution in [0.25, 0.3) is 5.76 Å². The molecule has 0 aromatic heterocycles. The molecular formula is C32H35NO6. The molecule has 0 saturated carbocycles. The Morgan fingerprint density at radius 1 is 0.897 bits per heavy atom. The van der Waals surface area contributed by atoms with E-state index in [1.807, 2.05) is 71.0 Å². The van der Waals surface area contributed by atoms with E-state index >= 15 is 0 Å². The van der Waals surface area contributed by atoms with Gasteiger partial charge in [-0.25, -0.2) is 0 Å². The summed E-state index contributed by atoms with van der Waals surface area (Å²) in [4.78, 5) is 28.1. The number of Topliss-reactive ketones (excluding diaryl/α,β-unsaturated/α-hetero) is 1. The molecule has 0 aliphatic carbocycles. The average Bonchev–Trinajstić information content (AvgIpc) is 3.15. The molecule has 1 unspecified atom stereocenters. The van der Waals surface area contributed by atoms with Crippen LogP contribution in [0.2, 0.25) is 0 Å². The molecule has 0 radical (unpaired) electrons. The Balaban J connectivity index is 1.77. The van der Waals surface area contributed by atoms with Gasteiger partial charge in [0.2, 0.25) is 0 Å². The number of rotatable bonds is 10. The zero-order chi connectivity index (χ0) is 28.1. The van der Waals surface area contributed by atoms with E-state index in [2.05, 4.69) is 0 Å². The Bertz CT molecular complexity index is 1360. The van der Waals surface area contributed by atoms with Gasteiger partial charge in [0.1, 0.15) is 23.0 Å². The highest BCUT2D eigenvalue weighted by Crippen LogP contribution is 2.41. The molecule has 1 saturated heterocycles. The van der Waals surface area contributed by atoms with Crippen molar-refractivity contribution in [3.63, 3.8) is 0 Å². The van der Waals surface area contributed by atoms with E-state index in [1.54, 1.807) is 36.4 Å². The number of aliphatic hydroxyl groups excluding tert-OH is 1. The normalized spacial score (nSPS) is 16.8. The van der Waals surface area contributed by atoms with Crippen molar-refractivity contribution in [3.8, 4) is 17.2 Å². The Morgan fingerprint density at radius 3 is 2.28 bits per heavy atom. The number of ether oxygens (including phenoxy) is 3. The lowest BCUT2D eigenvalue weighted by Gasteiger charge is -2.26. The Hall–Kier alpha value is -4.10. The second kappa shape index (κ2) is 12.2. The highest BCUT2D eigenvalue weighted by molar-refractivity contribution is 6.46. The van der Waals surface area contributed by atoms with E-state index in [1.165, 1.54) is 4.90 Å². The van der Waals surface area contributed by atoms with Gasteiger partial charge in [-0.15, -0.1) is 0 Å². The zero-order valence-electron chi connectivity index (χ0n) is 23.0. The molecule has 1 aliphatic rings. The SMILES string of the molecule is Cc1cc(/C(O)=C2\C(=O)C(=O)N(CCOC(C)C)C2c2cccc(Oc3ccccc3)c2)ccc1OC(C)C. The topological polar surface area (TPSA) is 85.3 Å². The van der Waals surface area contributed by atoms with Crippen molar-refractivity contribution < 1.29 is 28.9 Å². The van der Waals surface area contributed by atoms with Crippen LogP contribution in [0.15, 0.2) is 78.4 Å². The Labute approximate surface area is 229 Å². The van der Waals surface area contributed by atoms with Gasteiger partial charge < -0.3 is 24.2 Å². The van der Waals surface area contributed by atoms with Crippen LogP contribution >= 0.6 is 0 Å². The summed E-state index contributed by atoms with van der Waals surface area (Å²) in [6.45, 7) is 10.0. The standard InChI is InChI=1S/C32H35NO6/c1-20(2)37-17-16-33-29(23-10-9-13-26(19-23)39-25-11-7-6-8-12-25)28(31(35)32(33)36)30(34)24-14-15-27(22(5)18-24)38-21(3)4/h6-15,18-21,29,34H,16-17H2,1-5H3/b30-28+. The van der Waals surface area contributed by atoms with Crippen molar-refractivity contribution in [2.75, 3.05) is 13.2 Å². The summed E-state index contributed by atoms with van der Waals surface area (Å²) >= 11 is 0. The number of carbonyl (C=O) groups excluding carboxylic acids is 2. The average molecular weight is 530 g/mol. The molecule has 3 aromatic carbocycles. The largest absolute Gasteiger partial charge is 0.507 e. The van der Waals surface area contributed by atoms with Gasteiger partial charge in [0.25, 0.3) is 11.7 Å². The van der Waals surface area contributed by atoms with Crippen LogP contribution in [-0.4, -0.2) is 47.1 Å². The second-order valence-electron chi connectivity index (χ2n) is 10.0. The zero-order valence-corrected chi connectivity index (χ0v) is 23.0. The molecule has 39 heavy (non-hydrogen) atoms. The minimum absolute atomic E-state index is 0.00749. The van der Waals surface area contributed by atoms with E-state index in [9.17, 15) is 14.7 Å². The van der Waals surface area contributed by atoms with Crippen LogP contribution in [0.3, 0.4) is 0 Å². The van der Waals surface area contributed by atoms with Crippen molar-refractivity contribution >= 4 is 17.4 Å². The first-order valence-corrected chi connectivity index (χ1v) is 13.2. The molecular weight excluding hydrogens is 494 g/mol. The molecule has 1 heterocycles. The summed E-state index contributed by atoms with van der Waals surface area (Å²) in [6.07, 6.45) is -0.0377. The van der Waals surface area contributed by atoms with Gasteiger partial charge in [-0.2, -0.15) is 0 Å². The van der Waals surface area contributed by atoms with E-state index < -0.39 is 17.7 Å².